The summed E-state index contributed by atoms with van der Waals surface area (Å²) in [7, 11) is 0. The molecule has 1 heterocycles. The van der Waals surface area contributed by atoms with E-state index in [0.717, 1.165) is 43.2 Å². The van der Waals surface area contributed by atoms with Gasteiger partial charge < -0.3 is 4.74 Å². The van der Waals surface area contributed by atoms with Crippen molar-refractivity contribution >= 4 is 5.97 Å². The second-order valence-electron chi connectivity index (χ2n) is 11.3. The number of ether oxygens (including phenoxy) is 1. The fourth-order valence-electron chi connectivity index (χ4n) is 7.81. The van der Waals surface area contributed by atoms with Gasteiger partial charge in [-0.2, -0.15) is 0 Å². The van der Waals surface area contributed by atoms with E-state index in [1.54, 1.807) is 22.3 Å². The zero-order valence-corrected chi connectivity index (χ0v) is 19.6. The minimum Gasteiger partial charge on any atom is -0.464 e. The molecule has 0 N–H and O–H groups in total. The van der Waals surface area contributed by atoms with Gasteiger partial charge in [0.25, 0.3) is 0 Å². The molecule has 3 heteroatoms. The molecule has 3 nitrogen and oxygen atoms in total. The van der Waals surface area contributed by atoms with E-state index in [9.17, 15) is 4.79 Å². The summed E-state index contributed by atoms with van der Waals surface area (Å²) < 4.78 is 5.77. The van der Waals surface area contributed by atoms with Crippen LogP contribution in [0.4, 0.5) is 0 Å². The number of rotatable bonds is 4. The Bertz CT molecular complexity index is 872. The van der Waals surface area contributed by atoms with Crippen LogP contribution in [0.15, 0.2) is 46.6 Å². The van der Waals surface area contributed by atoms with Crippen molar-refractivity contribution in [2.45, 2.75) is 70.6 Å². The quantitative estimate of drug-likeness (QED) is 0.510. The van der Waals surface area contributed by atoms with Gasteiger partial charge in [0.15, 0.2) is 0 Å². The third-order valence-electron chi connectivity index (χ3n) is 9.46. The van der Waals surface area contributed by atoms with Crippen LogP contribution in [0.5, 0.6) is 0 Å². The highest BCUT2D eigenvalue weighted by Crippen LogP contribution is 2.54. The molecule has 1 saturated heterocycles. The van der Waals surface area contributed by atoms with E-state index < -0.39 is 0 Å². The lowest BCUT2D eigenvalue weighted by Crippen LogP contribution is -2.34. The Morgan fingerprint density at radius 2 is 1.59 bits per heavy atom. The molecule has 0 amide bonds. The molecule has 0 radical (unpaired) electrons. The number of likely N-dealkylation sites (tertiary alicyclic amines) is 1. The number of hydrogen-bond acceptors (Lipinski definition) is 3. The van der Waals surface area contributed by atoms with Crippen molar-refractivity contribution in [1.82, 2.24) is 4.90 Å². The summed E-state index contributed by atoms with van der Waals surface area (Å²) in [6, 6.07) is 0. The van der Waals surface area contributed by atoms with Crippen LogP contribution in [0.2, 0.25) is 0 Å². The standard InChI is InChI=1S/C29H39NO2/c31-29(18-30-15-3-4-16-30)32-19-20-7-8-22-10-12-26-25-11-9-21-5-1-2-6-23(21)24(25)13-14-27(26)28(22)17-20/h2,6,13-14,20-22,25-26H,1,3-5,7-12,15-19H2. The van der Waals surface area contributed by atoms with Crippen molar-refractivity contribution in [3.63, 3.8) is 0 Å². The van der Waals surface area contributed by atoms with E-state index in [4.69, 9.17) is 4.74 Å². The fraction of sp³-hybridized carbons (Fsp3) is 0.690. The molecule has 1 aliphatic heterocycles. The molecule has 0 aromatic heterocycles. The fourth-order valence-corrected chi connectivity index (χ4v) is 7.81. The Morgan fingerprint density at radius 1 is 0.844 bits per heavy atom. The lowest BCUT2D eigenvalue weighted by Gasteiger charge is -2.46. The molecule has 0 spiro atoms. The first-order valence-corrected chi connectivity index (χ1v) is 13.5. The van der Waals surface area contributed by atoms with E-state index in [1.807, 2.05) is 0 Å². The van der Waals surface area contributed by atoms with Crippen LogP contribution in [-0.2, 0) is 9.53 Å². The van der Waals surface area contributed by atoms with E-state index in [1.165, 1.54) is 64.2 Å². The highest BCUT2D eigenvalue weighted by molar-refractivity contribution is 5.71. The Morgan fingerprint density at radius 3 is 2.47 bits per heavy atom. The van der Waals surface area contributed by atoms with E-state index in [0.29, 0.717) is 19.1 Å². The van der Waals surface area contributed by atoms with Crippen LogP contribution in [-0.4, -0.2) is 37.1 Å². The Balaban J connectivity index is 1.17. The van der Waals surface area contributed by atoms with Crippen molar-refractivity contribution < 1.29 is 9.53 Å². The van der Waals surface area contributed by atoms with Crippen LogP contribution in [0.1, 0.15) is 70.6 Å². The lowest BCUT2D eigenvalue weighted by molar-refractivity contribution is -0.146. The molecule has 1 saturated carbocycles. The summed E-state index contributed by atoms with van der Waals surface area (Å²) in [5.41, 5.74) is 6.76. The van der Waals surface area contributed by atoms with Gasteiger partial charge in [-0.05, 0) is 130 Å². The number of allylic oxidation sites excluding steroid dienone is 8. The van der Waals surface area contributed by atoms with Crippen LogP contribution in [0, 0.1) is 29.6 Å². The third-order valence-corrected chi connectivity index (χ3v) is 9.46. The van der Waals surface area contributed by atoms with Crippen molar-refractivity contribution in [2.24, 2.45) is 29.6 Å². The smallest absolute Gasteiger partial charge is 0.320 e. The third kappa shape index (κ3) is 3.95. The SMILES string of the molecule is O=C(CN1CCCC1)OCC1CCC2CCC3C(=C2C1)C=CC1=C2C=CCCC2CCC13. The molecule has 172 valence electrons. The number of carbonyl (C=O) groups is 1. The van der Waals surface area contributed by atoms with E-state index in [-0.39, 0.29) is 5.97 Å². The maximum atomic E-state index is 12.3. The van der Waals surface area contributed by atoms with Gasteiger partial charge in [0.05, 0.1) is 13.2 Å². The first kappa shape index (κ1) is 21.0. The van der Waals surface area contributed by atoms with Gasteiger partial charge >= 0.3 is 5.97 Å². The minimum absolute atomic E-state index is 0.0145. The first-order chi connectivity index (χ1) is 15.8. The Hall–Kier alpha value is -1.61. The van der Waals surface area contributed by atoms with Crippen molar-refractivity contribution in [2.75, 3.05) is 26.2 Å². The zero-order valence-electron chi connectivity index (χ0n) is 19.6. The van der Waals surface area contributed by atoms with E-state index >= 15 is 0 Å². The highest BCUT2D eigenvalue weighted by Gasteiger charge is 2.41. The molecule has 0 aromatic carbocycles. The number of fused-ring (bicyclic) bond motifs is 5. The summed E-state index contributed by atoms with van der Waals surface area (Å²) in [4.78, 5) is 14.6. The Kier molecular flexibility index (Phi) is 5.87. The second-order valence-corrected chi connectivity index (χ2v) is 11.3. The molecule has 5 unspecified atom stereocenters. The van der Waals surface area contributed by atoms with E-state index in [2.05, 4.69) is 29.2 Å². The minimum atomic E-state index is -0.0145. The highest BCUT2D eigenvalue weighted by atomic mass is 16.5. The molecule has 2 fully saturated rings. The molecule has 0 aromatic rings. The van der Waals surface area contributed by atoms with Gasteiger partial charge in [-0.1, -0.05) is 29.9 Å². The molecular formula is C29H39NO2. The normalized spacial score (nSPS) is 36.4. The van der Waals surface area contributed by atoms with Crippen LogP contribution >= 0.6 is 0 Å². The van der Waals surface area contributed by atoms with Crippen LogP contribution in [0.3, 0.4) is 0 Å². The summed E-state index contributed by atoms with van der Waals surface area (Å²) in [5, 5.41) is 0. The summed E-state index contributed by atoms with van der Waals surface area (Å²) in [6.07, 6.45) is 24.1. The van der Waals surface area contributed by atoms with Gasteiger partial charge in [0.1, 0.15) is 0 Å². The maximum Gasteiger partial charge on any atom is 0.320 e. The van der Waals surface area contributed by atoms with Crippen LogP contribution in [0.25, 0.3) is 0 Å². The molecule has 5 aliphatic carbocycles. The van der Waals surface area contributed by atoms with Gasteiger partial charge in [-0.25, -0.2) is 0 Å². The number of carbonyl (C=O) groups excluding carboxylic acids is 1. The molecule has 32 heavy (non-hydrogen) atoms. The number of esters is 1. The molecule has 6 rings (SSSR count). The predicted molar refractivity (Wildman–Crippen MR) is 128 cm³/mol. The monoisotopic (exact) mass is 433 g/mol. The number of hydrogen-bond donors (Lipinski definition) is 0. The predicted octanol–water partition coefficient (Wildman–Crippen LogP) is 5.99. The largest absolute Gasteiger partial charge is 0.464 e. The zero-order chi connectivity index (χ0) is 21.5. The first-order valence-electron chi connectivity index (χ1n) is 13.5. The van der Waals surface area contributed by atoms with Crippen LogP contribution < -0.4 is 0 Å². The van der Waals surface area contributed by atoms with Gasteiger partial charge in [0.2, 0.25) is 0 Å². The van der Waals surface area contributed by atoms with Gasteiger partial charge in [-0.15, -0.1) is 0 Å². The summed E-state index contributed by atoms with van der Waals surface area (Å²) in [6.45, 7) is 3.22. The second kappa shape index (κ2) is 8.97. The average molecular weight is 434 g/mol. The summed E-state index contributed by atoms with van der Waals surface area (Å²) in [5.74, 6) is 3.58. The average Bonchev–Trinajstić information content (AvgIpc) is 3.35. The molecule has 0 bridgehead atoms. The topological polar surface area (TPSA) is 29.5 Å². The molecule has 5 atom stereocenters. The molecule has 6 aliphatic rings. The lowest BCUT2D eigenvalue weighted by atomic mass is 9.59. The summed E-state index contributed by atoms with van der Waals surface area (Å²) >= 11 is 0. The number of nitrogens with zero attached hydrogens (tertiary/aromatic N) is 1. The van der Waals surface area contributed by atoms with Crippen molar-refractivity contribution in [1.29, 1.82) is 0 Å². The Labute approximate surface area is 193 Å². The van der Waals surface area contributed by atoms with Crippen molar-refractivity contribution in [3.8, 4) is 0 Å². The van der Waals surface area contributed by atoms with Gasteiger partial charge in [0, 0.05) is 0 Å². The van der Waals surface area contributed by atoms with Crippen molar-refractivity contribution in [3.05, 3.63) is 46.6 Å². The van der Waals surface area contributed by atoms with Gasteiger partial charge in [-0.3, -0.25) is 9.69 Å². The molecular weight excluding hydrogens is 394 g/mol. The maximum absolute atomic E-state index is 12.3.